The van der Waals surface area contributed by atoms with Crippen LogP contribution in [0.15, 0.2) is 47.1 Å². The van der Waals surface area contributed by atoms with Crippen LogP contribution in [0.4, 0.5) is 0 Å². The molecule has 1 heterocycles. The number of carbonyl (C=O) groups excluding carboxylic acids is 2. The predicted molar refractivity (Wildman–Crippen MR) is 111 cm³/mol. The van der Waals surface area contributed by atoms with E-state index < -0.39 is 11.9 Å². The molecule has 1 aromatic carbocycles. The van der Waals surface area contributed by atoms with Crippen LogP contribution in [0.25, 0.3) is 0 Å². The van der Waals surface area contributed by atoms with Gasteiger partial charge >= 0.3 is 0 Å². The van der Waals surface area contributed by atoms with Gasteiger partial charge in [0.25, 0.3) is 5.91 Å². The lowest BCUT2D eigenvalue weighted by molar-refractivity contribution is -0.124. The quantitative estimate of drug-likeness (QED) is 0.703. The van der Waals surface area contributed by atoms with E-state index >= 15 is 0 Å². The van der Waals surface area contributed by atoms with Gasteiger partial charge in [0.05, 0.1) is 12.4 Å². The van der Waals surface area contributed by atoms with Crippen molar-refractivity contribution in [3.05, 3.63) is 54.0 Å². The summed E-state index contributed by atoms with van der Waals surface area (Å²) in [5.41, 5.74) is 0.964. The van der Waals surface area contributed by atoms with Crippen molar-refractivity contribution in [3.63, 3.8) is 0 Å². The van der Waals surface area contributed by atoms with Gasteiger partial charge in [0, 0.05) is 6.54 Å². The third-order valence-electron chi connectivity index (χ3n) is 5.20. The van der Waals surface area contributed by atoms with Gasteiger partial charge in [0.2, 0.25) is 5.91 Å². The molecule has 6 nitrogen and oxygen atoms in total. The van der Waals surface area contributed by atoms with Crippen LogP contribution in [0.3, 0.4) is 0 Å². The topological polar surface area (TPSA) is 80.6 Å². The van der Waals surface area contributed by atoms with Gasteiger partial charge < -0.3 is 19.8 Å². The highest BCUT2D eigenvalue weighted by Crippen LogP contribution is 2.24. The number of rotatable bonds is 8. The number of hydrogen-bond donors (Lipinski definition) is 2. The van der Waals surface area contributed by atoms with E-state index in [0.29, 0.717) is 6.54 Å². The summed E-state index contributed by atoms with van der Waals surface area (Å²) in [6.07, 6.45) is 7.66. The molecule has 2 amide bonds. The van der Waals surface area contributed by atoms with Crippen LogP contribution in [0.1, 0.15) is 62.1 Å². The Labute approximate surface area is 172 Å². The average Bonchev–Trinajstić information content (AvgIpc) is 3.26. The van der Waals surface area contributed by atoms with E-state index in [0.717, 1.165) is 24.2 Å². The number of furan rings is 1. The maximum atomic E-state index is 12.7. The van der Waals surface area contributed by atoms with Crippen molar-refractivity contribution in [2.45, 2.75) is 64.6 Å². The van der Waals surface area contributed by atoms with Crippen molar-refractivity contribution < 1.29 is 18.7 Å². The first-order valence-electron chi connectivity index (χ1n) is 10.4. The second-order valence-electron chi connectivity index (χ2n) is 7.92. The first kappa shape index (κ1) is 21.0. The van der Waals surface area contributed by atoms with E-state index in [9.17, 15) is 9.59 Å². The maximum Gasteiger partial charge on any atom is 0.287 e. The molecule has 1 unspecified atom stereocenters. The van der Waals surface area contributed by atoms with Gasteiger partial charge in [-0.05, 0) is 61.4 Å². The first-order chi connectivity index (χ1) is 14.0. The van der Waals surface area contributed by atoms with Crippen molar-refractivity contribution in [1.29, 1.82) is 0 Å². The summed E-state index contributed by atoms with van der Waals surface area (Å²) in [5.74, 6) is 0.353. The van der Waals surface area contributed by atoms with E-state index in [1.54, 1.807) is 12.1 Å². The average molecular weight is 399 g/mol. The molecule has 1 fully saturated rings. The van der Waals surface area contributed by atoms with E-state index in [4.69, 9.17) is 9.15 Å². The van der Waals surface area contributed by atoms with Crippen molar-refractivity contribution in [1.82, 2.24) is 10.6 Å². The van der Waals surface area contributed by atoms with Crippen molar-refractivity contribution in [3.8, 4) is 5.75 Å². The number of benzene rings is 1. The Bertz CT molecular complexity index is 795. The lowest BCUT2D eigenvalue weighted by Crippen LogP contribution is -2.49. The Balaban J connectivity index is 1.55. The monoisotopic (exact) mass is 398 g/mol. The van der Waals surface area contributed by atoms with Gasteiger partial charge in [-0.2, -0.15) is 0 Å². The highest BCUT2D eigenvalue weighted by Gasteiger charge is 2.25. The maximum absolute atomic E-state index is 12.7. The molecule has 1 aliphatic rings. The highest BCUT2D eigenvalue weighted by atomic mass is 16.5. The zero-order chi connectivity index (χ0) is 20.6. The molecule has 2 aromatic rings. The van der Waals surface area contributed by atoms with Crippen molar-refractivity contribution in [2.24, 2.45) is 5.92 Å². The molecule has 0 bridgehead atoms. The van der Waals surface area contributed by atoms with Gasteiger partial charge in [-0.15, -0.1) is 0 Å². The highest BCUT2D eigenvalue weighted by molar-refractivity contribution is 5.95. The fourth-order valence-electron chi connectivity index (χ4n) is 3.56. The third-order valence-corrected chi connectivity index (χ3v) is 5.20. The first-order valence-corrected chi connectivity index (χ1v) is 10.4. The van der Waals surface area contributed by atoms with Crippen LogP contribution in [-0.2, 0) is 11.3 Å². The van der Waals surface area contributed by atoms with E-state index in [-0.39, 0.29) is 23.7 Å². The smallest absolute Gasteiger partial charge is 0.287 e. The van der Waals surface area contributed by atoms with Gasteiger partial charge in [-0.25, -0.2) is 0 Å². The Hall–Kier alpha value is -2.76. The zero-order valence-corrected chi connectivity index (χ0v) is 17.1. The summed E-state index contributed by atoms with van der Waals surface area (Å²) >= 11 is 0. The SMILES string of the molecule is CC(C)C(NC(=O)c1ccco1)C(=O)NCc1cccc(OC2CCCCC2)c1. The minimum atomic E-state index is -0.644. The minimum Gasteiger partial charge on any atom is -0.490 e. The summed E-state index contributed by atoms with van der Waals surface area (Å²) < 4.78 is 11.2. The second-order valence-corrected chi connectivity index (χ2v) is 7.92. The largest absolute Gasteiger partial charge is 0.490 e. The lowest BCUT2D eigenvalue weighted by atomic mass is 9.98. The predicted octanol–water partition coefficient (Wildman–Crippen LogP) is 4.06. The molecule has 6 heteroatoms. The molecule has 0 radical (unpaired) electrons. The van der Waals surface area contributed by atoms with Gasteiger partial charge in [-0.3, -0.25) is 9.59 Å². The second kappa shape index (κ2) is 10.1. The van der Waals surface area contributed by atoms with Crippen LogP contribution >= 0.6 is 0 Å². The normalized spacial score (nSPS) is 15.7. The Morgan fingerprint density at radius 3 is 2.62 bits per heavy atom. The molecule has 29 heavy (non-hydrogen) atoms. The van der Waals surface area contributed by atoms with Crippen LogP contribution in [-0.4, -0.2) is 24.0 Å². The molecule has 0 spiro atoms. The summed E-state index contributed by atoms with van der Waals surface area (Å²) in [6, 6.07) is 10.4. The van der Waals surface area contributed by atoms with Crippen LogP contribution in [0.5, 0.6) is 5.75 Å². The molecule has 0 aliphatic heterocycles. The van der Waals surface area contributed by atoms with Crippen LogP contribution < -0.4 is 15.4 Å². The molecule has 0 saturated heterocycles. The van der Waals surface area contributed by atoms with Gasteiger partial charge in [0.15, 0.2) is 5.76 Å². The van der Waals surface area contributed by atoms with Gasteiger partial charge in [-0.1, -0.05) is 32.4 Å². The molecule has 1 aromatic heterocycles. The van der Waals surface area contributed by atoms with Crippen molar-refractivity contribution >= 4 is 11.8 Å². The molecule has 1 aliphatic carbocycles. The molecule has 1 atom stereocenters. The molecule has 156 valence electrons. The van der Waals surface area contributed by atoms with Gasteiger partial charge in [0.1, 0.15) is 11.8 Å². The van der Waals surface area contributed by atoms with E-state index in [2.05, 4.69) is 10.6 Å². The number of hydrogen-bond acceptors (Lipinski definition) is 4. The summed E-state index contributed by atoms with van der Waals surface area (Å²) in [4.78, 5) is 24.9. The molecule has 3 rings (SSSR count). The molecule has 1 saturated carbocycles. The zero-order valence-electron chi connectivity index (χ0n) is 17.1. The number of carbonyl (C=O) groups is 2. The van der Waals surface area contributed by atoms with E-state index in [1.165, 1.54) is 25.5 Å². The number of nitrogens with one attached hydrogen (secondary N) is 2. The summed E-state index contributed by atoms with van der Waals surface area (Å²) in [6.45, 7) is 4.16. The minimum absolute atomic E-state index is 0.0603. The molecule has 2 N–H and O–H groups in total. The third kappa shape index (κ3) is 6.11. The Morgan fingerprint density at radius 1 is 1.14 bits per heavy atom. The van der Waals surface area contributed by atoms with Crippen molar-refractivity contribution in [2.75, 3.05) is 0 Å². The molecular formula is C23H30N2O4. The van der Waals surface area contributed by atoms with E-state index in [1.807, 2.05) is 38.1 Å². The Kier molecular flexibility index (Phi) is 7.33. The number of amides is 2. The standard InChI is InChI=1S/C23H30N2O4/c1-16(2)21(25-22(26)20-12-7-13-28-20)23(27)24-15-17-8-6-11-19(14-17)29-18-9-4-3-5-10-18/h6-8,11-14,16,18,21H,3-5,9-10,15H2,1-2H3,(H,24,27)(H,25,26). The molecular weight excluding hydrogens is 368 g/mol. The van der Waals surface area contributed by atoms with Crippen LogP contribution in [0.2, 0.25) is 0 Å². The van der Waals surface area contributed by atoms with Crippen LogP contribution in [0, 0.1) is 5.92 Å². The fraction of sp³-hybridized carbons (Fsp3) is 0.478. The summed E-state index contributed by atoms with van der Waals surface area (Å²) in [5, 5.41) is 5.67. The fourth-order valence-corrected chi connectivity index (χ4v) is 3.56. The Morgan fingerprint density at radius 2 is 1.93 bits per heavy atom. The lowest BCUT2D eigenvalue weighted by Gasteiger charge is -2.23. The summed E-state index contributed by atoms with van der Waals surface area (Å²) in [7, 11) is 0. The number of ether oxygens (including phenoxy) is 1.